The Hall–Kier alpha value is -1.94. The van der Waals surface area contributed by atoms with Crippen LogP contribution in [0.15, 0.2) is 0 Å². The van der Waals surface area contributed by atoms with E-state index in [2.05, 4.69) is 41.5 Å². The first-order valence-electron chi connectivity index (χ1n) is 37.0. The largest absolute Gasteiger partial charge is 0.472 e. The number of rotatable bonds is 70. The molecule has 0 spiro atoms. The van der Waals surface area contributed by atoms with E-state index in [-0.39, 0.29) is 25.7 Å². The van der Waals surface area contributed by atoms with Crippen molar-refractivity contribution in [2.45, 2.75) is 381 Å². The number of aliphatic hydroxyl groups excluding tert-OH is 1. The van der Waals surface area contributed by atoms with Crippen LogP contribution in [-0.2, 0) is 65.4 Å². The van der Waals surface area contributed by atoms with Crippen LogP contribution in [0.4, 0.5) is 0 Å². The fourth-order valence-electron chi connectivity index (χ4n) is 10.8. The van der Waals surface area contributed by atoms with Crippen molar-refractivity contribution in [2.24, 2.45) is 11.8 Å². The zero-order valence-electron chi connectivity index (χ0n) is 58.4. The van der Waals surface area contributed by atoms with E-state index >= 15 is 0 Å². The van der Waals surface area contributed by atoms with Crippen molar-refractivity contribution in [3.63, 3.8) is 0 Å². The van der Waals surface area contributed by atoms with E-state index in [1.54, 1.807) is 0 Å². The number of carbonyl (C=O) groups is 4. The zero-order chi connectivity index (χ0) is 66.5. The Kier molecular flexibility index (Phi) is 61.8. The highest BCUT2D eigenvalue weighted by Crippen LogP contribution is 2.45. The first kappa shape index (κ1) is 88.1. The average Bonchev–Trinajstić information content (AvgIpc) is 3.72. The van der Waals surface area contributed by atoms with Gasteiger partial charge in [0, 0.05) is 25.7 Å². The lowest BCUT2D eigenvalue weighted by Gasteiger charge is -2.21. The molecule has 0 saturated carbocycles. The molecule has 17 nitrogen and oxygen atoms in total. The van der Waals surface area contributed by atoms with Gasteiger partial charge in [0.25, 0.3) is 0 Å². The predicted octanol–water partition coefficient (Wildman–Crippen LogP) is 20.4. The van der Waals surface area contributed by atoms with E-state index in [1.807, 2.05) is 0 Å². The van der Waals surface area contributed by atoms with Crippen LogP contribution in [0.3, 0.4) is 0 Å². The van der Waals surface area contributed by atoms with Crippen molar-refractivity contribution in [2.75, 3.05) is 39.6 Å². The van der Waals surface area contributed by atoms with Crippen LogP contribution >= 0.6 is 15.6 Å². The second kappa shape index (κ2) is 63.1. The van der Waals surface area contributed by atoms with Crippen LogP contribution in [0.25, 0.3) is 0 Å². The molecule has 3 N–H and O–H groups in total. The highest BCUT2D eigenvalue weighted by Gasteiger charge is 2.30. The number of hydrogen-bond acceptors (Lipinski definition) is 15. The van der Waals surface area contributed by atoms with Crippen LogP contribution in [0.1, 0.15) is 363 Å². The second-order valence-electron chi connectivity index (χ2n) is 26.6. The minimum Gasteiger partial charge on any atom is -0.462 e. The summed E-state index contributed by atoms with van der Waals surface area (Å²) in [6.07, 6.45) is 48.5. The number of phosphoric ester groups is 2. The van der Waals surface area contributed by atoms with Crippen LogP contribution in [0.2, 0.25) is 0 Å². The van der Waals surface area contributed by atoms with Gasteiger partial charge in [-0.05, 0) is 37.5 Å². The van der Waals surface area contributed by atoms with Gasteiger partial charge in [-0.15, -0.1) is 0 Å². The first-order valence-corrected chi connectivity index (χ1v) is 40.0. The molecular weight excluding hydrogens is 1190 g/mol. The maximum Gasteiger partial charge on any atom is 0.472 e. The summed E-state index contributed by atoms with van der Waals surface area (Å²) >= 11 is 0. The van der Waals surface area contributed by atoms with Gasteiger partial charge in [-0.25, -0.2) is 9.13 Å². The molecule has 2 unspecified atom stereocenters. The number of esters is 4. The normalized spacial score (nSPS) is 14.1. The van der Waals surface area contributed by atoms with E-state index < -0.39 is 97.5 Å². The second-order valence-corrected chi connectivity index (χ2v) is 29.5. The maximum atomic E-state index is 13.0. The lowest BCUT2D eigenvalue weighted by Crippen LogP contribution is -2.30. The van der Waals surface area contributed by atoms with Gasteiger partial charge in [0.15, 0.2) is 12.2 Å². The van der Waals surface area contributed by atoms with Crippen molar-refractivity contribution >= 4 is 39.5 Å². The van der Waals surface area contributed by atoms with Crippen molar-refractivity contribution in [3.8, 4) is 0 Å². The van der Waals surface area contributed by atoms with E-state index in [9.17, 15) is 43.2 Å². The highest BCUT2D eigenvalue weighted by atomic mass is 31.2. The average molecular weight is 1330 g/mol. The van der Waals surface area contributed by atoms with E-state index in [0.29, 0.717) is 25.7 Å². The fraction of sp³-hybridized carbons (Fsp3) is 0.944. The molecule has 0 fully saturated rings. The van der Waals surface area contributed by atoms with Crippen LogP contribution < -0.4 is 0 Å². The van der Waals surface area contributed by atoms with Gasteiger partial charge in [0.1, 0.15) is 19.3 Å². The number of hydrogen-bond donors (Lipinski definition) is 3. The first-order chi connectivity index (χ1) is 43.4. The van der Waals surface area contributed by atoms with Gasteiger partial charge in [0.05, 0.1) is 26.4 Å². The third kappa shape index (κ3) is 64.8. The highest BCUT2D eigenvalue weighted by molar-refractivity contribution is 7.47. The number of phosphoric acid groups is 2. The molecule has 0 bridgehead atoms. The third-order valence-electron chi connectivity index (χ3n) is 16.5. The van der Waals surface area contributed by atoms with Crippen molar-refractivity contribution in [1.29, 1.82) is 0 Å². The van der Waals surface area contributed by atoms with Crippen LogP contribution in [-0.4, -0.2) is 96.7 Å². The summed E-state index contributed by atoms with van der Waals surface area (Å²) in [4.78, 5) is 72.5. The minimum absolute atomic E-state index is 0.105. The number of carbonyl (C=O) groups excluding carboxylic acids is 4. The molecule has 0 radical (unpaired) electrons. The van der Waals surface area contributed by atoms with Crippen LogP contribution in [0, 0.1) is 11.8 Å². The van der Waals surface area contributed by atoms with Gasteiger partial charge >= 0.3 is 39.5 Å². The molecular formula is C71H138O17P2. The molecule has 0 amide bonds. The summed E-state index contributed by atoms with van der Waals surface area (Å²) in [5.74, 6) is -0.610. The lowest BCUT2D eigenvalue weighted by atomic mass is 10.0. The molecule has 0 aliphatic heterocycles. The molecule has 90 heavy (non-hydrogen) atoms. The number of ether oxygens (including phenoxy) is 4. The molecule has 19 heteroatoms. The topological polar surface area (TPSA) is 237 Å². The maximum absolute atomic E-state index is 13.0. The summed E-state index contributed by atoms with van der Waals surface area (Å²) in [7, 11) is -9.90. The Morgan fingerprint density at radius 2 is 0.511 bits per heavy atom. The van der Waals surface area contributed by atoms with E-state index in [4.69, 9.17) is 37.0 Å². The fourth-order valence-corrected chi connectivity index (χ4v) is 12.3. The predicted molar refractivity (Wildman–Crippen MR) is 363 cm³/mol. The molecule has 0 saturated heterocycles. The van der Waals surface area contributed by atoms with Gasteiger partial charge in [-0.1, -0.05) is 311 Å². The molecule has 0 aliphatic carbocycles. The number of aliphatic hydroxyl groups is 1. The summed E-state index contributed by atoms with van der Waals surface area (Å²) < 4.78 is 68.3. The Morgan fingerprint density at radius 3 is 0.756 bits per heavy atom. The monoisotopic (exact) mass is 1320 g/mol. The van der Waals surface area contributed by atoms with E-state index in [1.165, 1.54) is 180 Å². The van der Waals surface area contributed by atoms with Gasteiger partial charge in [-0.2, -0.15) is 0 Å². The molecule has 0 aromatic carbocycles. The lowest BCUT2D eigenvalue weighted by molar-refractivity contribution is -0.161. The Morgan fingerprint density at radius 1 is 0.300 bits per heavy atom. The Bertz CT molecular complexity index is 1750. The molecule has 5 atom stereocenters. The smallest absolute Gasteiger partial charge is 0.462 e. The van der Waals surface area contributed by atoms with Gasteiger partial charge in [-0.3, -0.25) is 37.3 Å². The summed E-state index contributed by atoms with van der Waals surface area (Å²) in [5, 5.41) is 10.6. The molecule has 0 aromatic rings. The van der Waals surface area contributed by atoms with Crippen molar-refractivity contribution < 1.29 is 80.2 Å². The van der Waals surface area contributed by atoms with Gasteiger partial charge in [0.2, 0.25) is 0 Å². The van der Waals surface area contributed by atoms with Crippen molar-refractivity contribution in [3.05, 3.63) is 0 Å². The Balaban J connectivity index is 5.23. The summed E-state index contributed by atoms with van der Waals surface area (Å²) in [5.41, 5.74) is 0. The molecule has 0 heterocycles. The molecule has 0 aromatic heterocycles. The summed E-state index contributed by atoms with van der Waals surface area (Å²) in [6.45, 7) is 9.53. The van der Waals surface area contributed by atoms with Gasteiger partial charge < -0.3 is 33.8 Å². The van der Waals surface area contributed by atoms with Crippen molar-refractivity contribution in [1.82, 2.24) is 0 Å². The van der Waals surface area contributed by atoms with E-state index in [0.717, 1.165) is 102 Å². The SMILES string of the molecule is CCCCCCCCCCCCCCC(=O)OC[C@H](COP(=O)(O)OC[C@@H](O)COP(=O)(O)OC[C@@H](COC(=O)CCCCCCCCCCCC)OC(=O)CCCCCCCCCCC(C)C)OC(=O)CCCCCCCCCCCCCCCCC(C)C. The van der Waals surface area contributed by atoms with Crippen LogP contribution in [0.5, 0.6) is 0 Å². The zero-order valence-corrected chi connectivity index (χ0v) is 60.2. The summed E-state index contributed by atoms with van der Waals surface area (Å²) in [6, 6.07) is 0. The molecule has 534 valence electrons. The molecule has 0 rings (SSSR count). The Labute approximate surface area is 549 Å². The standard InChI is InChI=1S/C71H138O17P2/c1-7-9-11-13-15-17-19-25-29-36-42-48-54-69(74)82-59-66(87-70(75)55-49-43-37-30-26-23-21-20-22-24-27-33-39-45-51-63(3)4)61-85-89(77,78)83-57-65(72)58-84-90(79,80)86-62-67(60-81-68(73)53-47-41-35-28-18-16-14-12-10-8-2)88-71(76)56-50-44-38-32-31-34-40-46-52-64(5)6/h63-67,72H,7-62H2,1-6H3,(H,77,78)(H,79,80)/t65-,66-,67-/m1/s1. The third-order valence-corrected chi connectivity index (χ3v) is 18.4. The quantitative estimate of drug-likeness (QED) is 0.0222. The number of unbranched alkanes of at least 4 members (excludes halogenated alkanes) is 40. The molecule has 0 aliphatic rings. The minimum atomic E-state index is -4.95.